The first kappa shape index (κ1) is 17.2. The van der Waals surface area contributed by atoms with Crippen molar-refractivity contribution in [2.24, 2.45) is 0 Å². The minimum Gasteiger partial charge on any atom is -0.394 e. The van der Waals surface area contributed by atoms with Gasteiger partial charge in [-0.3, -0.25) is 9.80 Å². The molecule has 2 fully saturated rings. The molecule has 3 atom stereocenters. The molecule has 0 aromatic heterocycles. The number of likely N-dealkylation sites (N-methyl/N-ethyl adjacent to an activating group) is 1. The predicted octanol–water partition coefficient (Wildman–Crippen LogP) is 1.68. The molecule has 3 unspecified atom stereocenters. The van der Waals surface area contributed by atoms with Crippen molar-refractivity contribution in [1.82, 2.24) is 15.1 Å². The van der Waals surface area contributed by atoms with Crippen LogP contribution in [0.3, 0.4) is 0 Å². The molecule has 1 aliphatic heterocycles. The molecular weight excluding hydrogens is 262 g/mol. The largest absolute Gasteiger partial charge is 0.394 e. The molecule has 1 heterocycles. The Morgan fingerprint density at radius 2 is 1.95 bits per heavy atom. The van der Waals surface area contributed by atoms with Gasteiger partial charge in [0.25, 0.3) is 0 Å². The van der Waals surface area contributed by atoms with E-state index >= 15 is 0 Å². The maximum Gasteiger partial charge on any atom is 0.0611 e. The topological polar surface area (TPSA) is 38.7 Å². The van der Waals surface area contributed by atoms with Gasteiger partial charge in [-0.05, 0) is 52.6 Å². The number of nitrogens with one attached hydrogen (secondary N) is 1. The molecule has 2 N–H and O–H groups in total. The Kier molecular flexibility index (Phi) is 6.06. The summed E-state index contributed by atoms with van der Waals surface area (Å²) in [6.07, 6.45) is 4.87. The van der Waals surface area contributed by atoms with Crippen molar-refractivity contribution in [3.8, 4) is 0 Å². The third kappa shape index (κ3) is 4.65. The molecule has 124 valence electrons. The second-order valence-corrected chi connectivity index (χ2v) is 7.35. The summed E-state index contributed by atoms with van der Waals surface area (Å²) in [5.41, 5.74) is -0.117. The van der Waals surface area contributed by atoms with Crippen LogP contribution in [-0.2, 0) is 0 Å². The van der Waals surface area contributed by atoms with Gasteiger partial charge in [0.05, 0.1) is 6.61 Å². The van der Waals surface area contributed by atoms with Crippen LogP contribution in [0.2, 0.25) is 0 Å². The van der Waals surface area contributed by atoms with Crippen LogP contribution in [0.25, 0.3) is 0 Å². The van der Waals surface area contributed by atoms with Gasteiger partial charge < -0.3 is 10.4 Å². The number of aliphatic hydroxyl groups is 1. The average molecular weight is 297 g/mol. The van der Waals surface area contributed by atoms with Gasteiger partial charge in [-0.1, -0.05) is 13.8 Å². The van der Waals surface area contributed by atoms with Crippen molar-refractivity contribution < 1.29 is 5.11 Å². The van der Waals surface area contributed by atoms with Crippen LogP contribution in [0.5, 0.6) is 0 Å². The Morgan fingerprint density at radius 3 is 2.48 bits per heavy atom. The van der Waals surface area contributed by atoms with Crippen LogP contribution < -0.4 is 5.32 Å². The van der Waals surface area contributed by atoms with Crippen molar-refractivity contribution >= 4 is 0 Å². The number of hydrogen-bond acceptors (Lipinski definition) is 4. The summed E-state index contributed by atoms with van der Waals surface area (Å²) in [5, 5.41) is 13.4. The van der Waals surface area contributed by atoms with Crippen LogP contribution in [-0.4, -0.2) is 71.4 Å². The van der Waals surface area contributed by atoms with Crippen molar-refractivity contribution in [1.29, 1.82) is 0 Å². The van der Waals surface area contributed by atoms with E-state index in [4.69, 9.17) is 0 Å². The lowest BCUT2D eigenvalue weighted by molar-refractivity contribution is 0.118. The van der Waals surface area contributed by atoms with E-state index in [1.54, 1.807) is 0 Å². The molecule has 1 saturated heterocycles. The fourth-order valence-electron chi connectivity index (χ4n) is 3.88. The van der Waals surface area contributed by atoms with E-state index in [1.165, 1.54) is 32.4 Å². The summed E-state index contributed by atoms with van der Waals surface area (Å²) in [5.74, 6) is 0. The van der Waals surface area contributed by atoms with Crippen molar-refractivity contribution in [2.75, 3.05) is 32.8 Å². The van der Waals surface area contributed by atoms with Crippen molar-refractivity contribution in [2.45, 2.75) is 77.0 Å². The summed E-state index contributed by atoms with van der Waals surface area (Å²) < 4.78 is 0. The fraction of sp³-hybridized carbons (Fsp3) is 1.00. The van der Waals surface area contributed by atoms with E-state index in [9.17, 15) is 5.11 Å². The Labute approximate surface area is 130 Å². The number of hydrogen-bond donors (Lipinski definition) is 2. The first-order valence-corrected chi connectivity index (χ1v) is 8.88. The van der Waals surface area contributed by atoms with E-state index < -0.39 is 0 Å². The zero-order valence-electron chi connectivity index (χ0n) is 14.4. The smallest absolute Gasteiger partial charge is 0.0611 e. The van der Waals surface area contributed by atoms with Crippen LogP contribution in [0.15, 0.2) is 0 Å². The van der Waals surface area contributed by atoms with Crippen molar-refractivity contribution in [3.63, 3.8) is 0 Å². The highest BCUT2D eigenvalue weighted by Crippen LogP contribution is 2.27. The third-order valence-electron chi connectivity index (χ3n) is 5.37. The van der Waals surface area contributed by atoms with Gasteiger partial charge in [0, 0.05) is 36.8 Å². The number of rotatable bonds is 9. The monoisotopic (exact) mass is 297 g/mol. The summed E-state index contributed by atoms with van der Waals surface area (Å²) in [6.45, 7) is 14.0. The van der Waals surface area contributed by atoms with Crippen LogP contribution in [0.1, 0.15) is 53.4 Å². The minimum atomic E-state index is -0.117. The average Bonchev–Trinajstić information content (AvgIpc) is 3.13. The van der Waals surface area contributed by atoms with Gasteiger partial charge in [-0.25, -0.2) is 0 Å². The molecule has 21 heavy (non-hydrogen) atoms. The zero-order valence-corrected chi connectivity index (χ0v) is 14.4. The van der Waals surface area contributed by atoms with Gasteiger partial charge in [-0.15, -0.1) is 0 Å². The molecule has 4 heteroatoms. The Morgan fingerprint density at radius 1 is 1.29 bits per heavy atom. The lowest BCUT2D eigenvalue weighted by atomic mass is 9.93. The van der Waals surface area contributed by atoms with E-state index in [-0.39, 0.29) is 12.1 Å². The molecule has 4 nitrogen and oxygen atoms in total. The lowest BCUT2D eigenvalue weighted by Gasteiger charge is -2.36. The molecule has 1 saturated carbocycles. The van der Waals surface area contributed by atoms with Crippen molar-refractivity contribution in [3.05, 3.63) is 0 Å². The normalized spacial score (nSPS) is 28.0. The maximum absolute atomic E-state index is 9.78. The molecule has 0 amide bonds. The van der Waals surface area contributed by atoms with Gasteiger partial charge in [0.2, 0.25) is 0 Å². The molecule has 2 aliphatic rings. The van der Waals surface area contributed by atoms with Crippen LogP contribution in [0, 0.1) is 0 Å². The maximum atomic E-state index is 9.78. The Balaban J connectivity index is 1.84. The molecular formula is C17H35N3O. The highest BCUT2D eigenvalue weighted by molar-refractivity contribution is 4.96. The second-order valence-electron chi connectivity index (χ2n) is 7.35. The molecule has 2 rings (SSSR count). The first-order valence-electron chi connectivity index (χ1n) is 8.88. The van der Waals surface area contributed by atoms with E-state index in [2.05, 4.69) is 42.8 Å². The zero-order chi connectivity index (χ0) is 15.5. The lowest BCUT2D eigenvalue weighted by Crippen LogP contribution is -2.51. The first-order chi connectivity index (χ1) is 10.0. The molecule has 1 aliphatic carbocycles. The predicted molar refractivity (Wildman–Crippen MR) is 88.6 cm³/mol. The summed E-state index contributed by atoms with van der Waals surface area (Å²) in [6, 6.07) is 1.91. The van der Waals surface area contributed by atoms with E-state index in [1.807, 2.05) is 0 Å². The number of aliphatic hydroxyl groups excluding tert-OH is 1. The number of nitrogens with zero attached hydrogens (tertiary/aromatic N) is 2. The van der Waals surface area contributed by atoms with Gasteiger partial charge in [-0.2, -0.15) is 0 Å². The van der Waals surface area contributed by atoms with Gasteiger partial charge >= 0.3 is 0 Å². The highest BCUT2D eigenvalue weighted by Gasteiger charge is 2.36. The highest BCUT2D eigenvalue weighted by atomic mass is 16.3. The number of likely N-dealkylation sites (tertiary alicyclic amines) is 1. The Hall–Kier alpha value is -0.160. The summed E-state index contributed by atoms with van der Waals surface area (Å²) in [7, 11) is 0. The molecule has 0 aromatic rings. The van der Waals surface area contributed by atoms with Gasteiger partial charge in [0.15, 0.2) is 0 Å². The van der Waals surface area contributed by atoms with Crippen LogP contribution in [0.4, 0.5) is 0 Å². The summed E-state index contributed by atoms with van der Waals surface area (Å²) in [4.78, 5) is 5.20. The van der Waals surface area contributed by atoms with E-state index in [0.29, 0.717) is 12.1 Å². The molecule has 0 spiro atoms. The SMILES string of the molecule is CCN(CC)C1CCN(C(C)CC(C)(CO)NC2CC2)C1. The second kappa shape index (κ2) is 7.40. The van der Waals surface area contributed by atoms with E-state index in [0.717, 1.165) is 25.6 Å². The third-order valence-corrected chi connectivity index (χ3v) is 5.37. The summed E-state index contributed by atoms with van der Waals surface area (Å²) >= 11 is 0. The van der Waals surface area contributed by atoms with Gasteiger partial charge in [0.1, 0.15) is 0 Å². The Bertz CT molecular complexity index is 317. The standard InChI is InChI=1S/C17H35N3O/c1-5-19(6-2)16-9-10-20(12-16)14(3)11-17(4,13-21)18-15-7-8-15/h14-16,18,21H,5-13H2,1-4H3. The minimum absolute atomic E-state index is 0.117. The quantitative estimate of drug-likeness (QED) is 0.679. The molecule has 0 bridgehead atoms. The van der Waals surface area contributed by atoms with Crippen LogP contribution >= 0.6 is 0 Å². The fourth-order valence-corrected chi connectivity index (χ4v) is 3.88. The molecule has 0 aromatic carbocycles. The molecule has 0 radical (unpaired) electrons.